The molecule has 7 nitrogen and oxygen atoms in total. The van der Waals surface area contributed by atoms with Gasteiger partial charge in [-0.05, 0) is 68.7 Å². The molecule has 3 atom stereocenters. The van der Waals surface area contributed by atoms with Gasteiger partial charge in [0.1, 0.15) is 5.82 Å². The van der Waals surface area contributed by atoms with Crippen molar-refractivity contribution in [1.29, 1.82) is 0 Å². The summed E-state index contributed by atoms with van der Waals surface area (Å²) in [5.41, 5.74) is 2.41. The van der Waals surface area contributed by atoms with Crippen molar-refractivity contribution >= 4 is 17.8 Å². The number of halogens is 1. The van der Waals surface area contributed by atoms with Crippen molar-refractivity contribution < 1.29 is 0 Å². The first-order chi connectivity index (χ1) is 17.6. The number of rotatable bonds is 4. The first-order valence-corrected chi connectivity index (χ1v) is 13.6. The number of aromatic nitrogens is 4. The Kier molecular flexibility index (Phi) is 13.9. The van der Waals surface area contributed by atoms with E-state index in [1.54, 1.807) is 0 Å². The Hall–Kier alpha value is -2.69. The van der Waals surface area contributed by atoms with Crippen molar-refractivity contribution in [3.63, 3.8) is 0 Å². The minimum absolute atomic E-state index is 0.363. The van der Waals surface area contributed by atoms with Gasteiger partial charge < -0.3 is 4.90 Å². The maximum Gasteiger partial charge on any atom is 0.161 e. The van der Waals surface area contributed by atoms with Gasteiger partial charge in [0.25, 0.3) is 0 Å². The molecule has 0 radical (unpaired) electrons. The molecule has 36 heavy (non-hydrogen) atoms. The monoisotopic (exact) mass is 511 g/mol. The average Bonchev–Trinajstić information content (AvgIpc) is 3.48. The van der Waals surface area contributed by atoms with Crippen molar-refractivity contribution in [2.75, 3.05) is 26.2 Å². The van der Waals surface area contributed by atoms with Crippen LogP contribution in [0.25, 0.3) is 0 Å². The number of hydrogen-bond donors (Lipinski definition) is 1. The number of benzene rings is 1. The average molecular weight is 512 g/mol. The Labute approximate surface area is 222 Å². The molecule has 1 aromatic carbocycles. The van der Waals surface area contributed by atoms with Crippen LogP contribution < -0.4 is 0 Å². The molecule has 4 rings (SSSR count). The molecular formula is C28H42ClN7. The third kappa shape index (κ3) is 9.75. The van der Waals surface area contributed by atoms with E-state index >= 15 is 0 Å². The fourth-order valence-electron chi connectivity index (χ4n) is 4.41. The lowest BCUT2D eigenvalue weighted by molar-refractivity contribution is 0.0917. The lowest BCUT2D eigenvalue weighted by Gasteiger charge is -2.42. The Morgan fingerprint density at radius 1 is 1.22 bits per heavy atom. The lowest BCUT2D eigenvalue weighted by Crippen LogP contribution is -2.49. The third-order valence-electron chi connectivity index (χ3n) is 6.22. The quantitative estimate of drug-likeness (QED) is 0.413. The highest BCUT2D eigenvalue weighted by molar-refractivity contribution is 6.30. The van der Waals surface area contributed by atoms with E-state index in [0.717, 1.165) is 62.4 Å². The van der Waals surface area contributed by atoms with Gasteiger partial charge in [-0.15, -0.1) is 10.2 Å². The molecule has 0 spiro atoms. The molecule has 0 saturated carbocycles. The molecule has 2 fully saturated rings. The number of hydrogen-bond acceptors (Lipinski definition) is 6. The molecule has 1 N–H and O–H groups in total. The summed E-state index contributed by atoms with van der Waals surface area (Å²) >= 11 is 6.10. The zero-order valence-electron chi connectivity index (χ0n) is 22.5. The number of nitrogens with one attached hydrogen (secondary N) is 1. The van der Waals surface area contributed by atoms with Crippen molar-refractivity contribution in [1.82, 2.24) is 30.4 Å². The molecule has 2 aromatic rings. The van der Waals surface area contributed by atoms with Gasteiger partial charge >= 0.3 is 0 Å². The van der Waals surface area contributed by atoms with E-state index in [1.165, 1.54) is 24.1 Å². The van der Waals surface area contributed by atoms with Gasteiger partial charge in [-0.3, -0.25) is 4.90 Å². The predicted molar refractivity (Wildman–Crippen MR) is 150 cm³/mol. The standard InChI is InChI=1S/C25H34ClN3.C2H6.CH2N4/c1-4-14-27-25(20(3)5-2)29-16-7-15-28-18-22(19-29)11-13-24(28)12-10-21-8-6-9-23(26)17-21;1-2;1-2-4-5-3-1/h6,8-9,14,17,22,24H,4-5,7,11,13,15-16,18-19H2,1-3H3;1-2H3;1H,(H,2,3,4,5)/b25-20+,27-14-;;. The van der Waals surface area contributed by atoms with Crippen LogP contribution in [0.1, 0.15) is 72.3 Å². The Balaban J connectivity index is 0.000000570. The van der Waals surface area contributed by atoms with E-state index in [1.807, 2.05) is 38.1 Å². The summed E-state index contributed by atoms with van der Waals surface area (Å²) in [5.74, 6) is 8.79. The van der Waals surface area contributed by atoms with Crippen LogP contribution in [0, 0.1) is 17.8 Å². The van der Waals surface area contributed by atoms with E-state index in [9.17, 15) is 0 Å². The van der Waals surface area contributed by atoms with Crippen molar-refractivity contribution in [3.8, 4) is 11.8 Å². The van der Waals surface area contributed by atoms with Crippen LogP contribution in [0.15, 0.2) is 47.0 Å². The molecule has 3 unspecified atom stereocenters. The molecule has 2 saturated heterocycles. The van der Waals surface area contributed by atoms with E-state index in [0.29, 0.717) is 12.0 Å². The van der Waals surface area contributed by atoms with E-state index in [4.69, 9.17) is 16.6 Å². The van der Waals surface area contributed by atoms with Crippen LogP contribution in [-0.2, 0) is 0 Å². The second-order valence-electron chi connectivity index (χ2n) is 8.77. The normalized spacial score (nSPS) is 21.9. The van der Waals surface area contributed by atoms with Gasteiger partial charge in [0.05, 0.1) is 6.04 Å². The van der Waals surface area contributed by atoms with Crippen LogP contribution in [0.5, 0.6) is 0 Å². The minimum atomic E-state index is 0.363. The molecule has 2 bridgehead atoms. The molecule has 0 amide bonds. The number of tetrazole rings is 1. The van der Waals surface area contributed by atoms with Crippen molar-refractivity contribution in [2.24, 2.45) is 10.9 Å². The number of allylic oxidation sites excluding steroid dienone is 1. The second kappa shape index (κ2) is 16.9. The molecule has 2 aliphatic rings. The van der Waals surface area contributed by atoms with Gasteiger partial charge in [-0.2, -0.15) is 5.21 Å². The number of aliphatic imine (C=N–C) groups is 1. The van der Waals surface area contributed by atoms with Crippen LogP contribution in [0.3, 0.4) is 0 Å². The van der Waals surface area contributed by atoms with Crippen molar-refractivity contribution in [3.05, 3.63) is 52.6 Å². The van der Waals surface area contributed by atoms with E-state index in [-0.39, 0.29) is 0 Å². The first-order valence-electron chi connectivity index (χ1n) is 13.3. The molecular weight excluding hydrogens is 470 g/mol. The SMILES string of the molecule is CC.CC/C=N\C(=C(\C)CC)N1CCCN2CC(CCC2C#Cc2cccc(Cl)c2)C1.c1nn[nH]n1. The lowest BCUT2D eigenvalue weighted by atomic mass is 9.91. The zero-order chi connectivity index (χ0) is 26.2. The van der Waals surface area contributed by atoms with Gasteiger partial charge in [-0.1, -0.05) is 62.4 Å². The Bertz CT molecular complexity index is 974. The minimum Gasteiger partial charge on any atom is -0.356 e. The van der Waals surface area contributed by atoms with E-state index < -0.39 is 0 Å². The largest absolute Gasteiger partial charge is 0.356 e. The molecule has 196 valence electrons. The number of H-pyrrole nitrogens is 1. The highest BCUT2D eigenvalue weighted by atomic mass is 35.5. The molecule has 1 aromatic heterocycles. The molecule has 0 aliphatic carbocycles. The van der Waals surface area contributed by atoms with Crippen LogP contribution in [-0.4, -0.2) is 68.9 Å². The predicted octanol–water partition coefficient (Wildman–Crippen LogP) is 5.83. The zero-order valence-corrected chi connectivity index (χ0v) is 23.3. The molecule has 3 heterocycles. The van der Waals surface area contributed by atoms with Gasteiger partial charge in [-0.25, -0.2) is 4.99 Å². The van der Waals surface area contributed by atoms with Crippen LogP contribution in [0.2, 0.25) is 5.02 Å². The maximum absolute atomic E-state index is 6.10. The number of piperidine rings is 1. The third-order valence-corrected chi connectivity index (χ3v) is 6.45. The number of nitrogens with zero attached hydrogens (tertiary/aromatic N) is 6. The Morgan fingerprint density at radius 2 is 2.06 bits per heavy atom. The topological polar surface area (TPSA) is 73.3 Å². The molecule has 2 aliphatic heterocycles. The first kappa shape index (κ1) is 29.5. The summed E-state index contributed by atoms with van der Waals surface area (Å²) in [6.45, 7) is 15.1. The second-order valence-corrected chi connectivity index (χ2v) is 9.21. The smallest absolute Gasteiger partial charge is 0.161 e. The van der Waals surface area contributed by atoms with E-state index in [2.05, 4.69) is 69.3 Å². The maximum atomic E-state index is 6.10. The van der Waals surface area contributed by atoms with Crippen LogP contribution >= 0.6 is 11.6 Å². The number of aromatic amines is 1. The van der Waals surface area contributed by atoms with Gasteiger partial charge in [0.15, 0.2) is 6.33 Å². The summed E-state index contributed by atoms with van der Waals surface area (Å²) in [6, 6.07) is 8.22. The highest BCUT2D eigenvalue weighted by Crippen LogP contribution is 2.27. The summed E-state index contributed by atoms with van der Waals surface area (Å²) in [6.07, 6.45) is 8.98. The van der Waals surface area contributed by atoms with Crippen LogP contribution in [0.4, 0.5) is 0 Å². The summed E-state index contributed by atoms with van der Waals surface area (Å²) in [5, 5.41) is 12.9. The molecule has 8 heteroatoms. The Morgan fingerprint density at radius 3 is 2.69 bits per heavy atom. The fourth-order valence-corrected chi connectivity index (χ4v) is 4.60. The van der Waals surface area contributed by atoms with Gasteiger partial charge in [0.2, 0.25) is 0 Å². The summed E-state index contributed by atoms with van der Waals surface area (Å²) < 4.78 is 0. The highest BCUT2D eigenvalue weighted by Gasteiger charge is 2.30. The summed E-state index contributed by atoms with van der Waals surface area (Å²) in [4.78, 5) is 9.99. The van der Waals surface area contributed by atoms with Crippen molar-refractivity contribution in [2.45, 2.75) is 72.8 Å². The van der Waals surface area contributed by atoms with Gasteiger partial charge in [0, 0.05) is 43.0 Å². The fraction of sp³-hybridized carbons (Fsp3) is 0.571. The number of fused-ring (bicyclic) bond motifs is 2. The summed E-state index contributed by atoms with van der Waals surface area (Å²) in [7, 11) is 0.